The van der Waals surface area contributed by atoms with Crippen molar-refractivity contribution in [3.05, 3.63) is 0 Å². The van der Waals surface area contributed by atoms with Crippen LogP contribution < -0.4 is 5.32 Å². The van der Waals surface area contributed by atoms with Crippen LogP contribution in [0.1, 0.15) is 71.6 Å². The van der Waals surface area contributed by atoms with E-state index in [1.165, 1.54) is 77.4 Å². The topological polar surface area (TPSA) is 15.3 Å². The molecule has 1 saturated heterocycles. The fraction of sp³-hybridized carbons (Fsp3) is 1.00. The first-order valence-corrected chi connectivity index (χ1v) is 8.76. The van der Waals surface area contributed by atoms with Crippen LogP contribution in [-0.2, 0) is 0 Å². The minimum atomic E-state index is 0.672. The molecule has 2 nitrogen and oxygen atoms in total. The Bertz CT molecular complexity index is 235. The number of nitrogens with zero attached hydrogens (tertiary/aromatic N) is 1. The van der Waals surface area contributed by atoms with Gasteiger partial charge in [0, 0.05) is 18.6 Å². The molecule has 1 saturated carbocycles. The summed E-state index contributed by atoms with van der Waals surface area (Å²) in [6.45, 7) is 8.63. The zero-order valence-electron chi connectivity index (χ0n) is 13.2. The molecule has 0 spiro atoms. The second-order valence-electron chi connectivity index (χ2n) is 6.94. The van der Waals surface area contributed by atoms with Gasteiger partial charge in [0.15, 0.2) is 0 Å². The van der Waals surface area contributed by atoms with Crippen molar-refractivity contribution in [1.29, 1.82) is 0 Å². The smallest absolute Gasteiger partial charge is 0.0169 e. The molecule has 0 amide bonds. The van der Waals surface area contributed by atoms with Crippen molar-refractivity contribution in [1.82, 2.24) is 10.2 Å². The predicted octanol–water partition coefficient (Wildman–Crippen LogP) is 3.81. The lowest BCUT2D eigenvalue weighted by atomic mass is 9.95. The third-order valence-electron chi connectivity index (χ3n) is 5.04. The Hall–Kier alpha value is -0.0800. The molecule has 2 aliphatic rings. The van der Waals surface area contributed by atoms with Gasteiger partial charge in [-0.2, -0.15) is 0 Å². The van der Waals surface area contributed by atoms with Crippen LogP contribution in [0.25, 0.3) is 0 Å². The highest BCUT2D eigenvalue weighted by molar-refractivity contribution is 4.79. The second kappa shape index (κ2) is 8.26. The summed E-state index contributed by atoms with van der Waals surface area (Å²) in [4.78, 5) is 2.63. The molecule has 112 valence electrons. The predicted molar refractivity (Wildman–Crippen MR) is 83.5 cm³/mol. The Balaban J connectivity index is 1.66. The zero-order valence-corrected chi connectivity index (χ0v) is 13.2. The van der Waals surface area contributed by atoms with Crippen LogP contribution in [0.5, 0.6) is 0 Å². The van der Waals surface area contributed by atoms with E-state index < -0.39 is 0 Å². The van der Waals surface area contributed by atoms with Crippen LogP contribution in [0.15, 0.2) is 0 Å². The molecular formula is C17H34N2. The van der Waals surface area contributed by atoms with Crippen LogP contribution in [0.2, 0.25) is 0 Å². The third-order valence-corrected chi connectivity index (χ3v) is 5.04. The average Bonchev–Trinajstić information content (AvgIpc) is 2.78. The Morgan fingerprint density at radius 3 is 2.58 bits per heavy atom. The summed E-state index contributed by atoms with van der Waals surface area (Å²) in [5.74, 6) is 1.02. The highest BCUT2D eigenvalue weighted by Gasteiger charge is 2.21. The van der Waals surface area contributed by atoms with E-state index in [1.807, 2.05) is 0 Å². The Labute approximate surface area is 120 Å². The lowest BCUT2D eigenvalue weighted by Gasteiger charge is -2.26. The first kappa shape index (κ1) is 15.3. The Kier molecular flexibility index (Phi) is 6.66. The summed E-state index contributed by atoms with van der Waals surface area (Å²) in [7, 11) is 0. The molecule has 1 N–H and O–H groups in total. The lowest BCUT2D eigenvalue weighted by molar-refractivity contribution is 0.278. The van der Waals surface area contributed by atoms with E-state index in [0.29, 0.717) is 6.04 Å². The number of nitrogens with one attached hydrogen (secondary N) is 1. The molecule has 19 heavy (non-hydrogen) atoms. The highest BCUT2D eigenvalue weighted by atomic mass is 15.2. The molecule has 3 atom stereocenters. The van der Waals surface area contributed by atoms with Gasteiger partial charge >= 0.3 is 0 Å². The molecule has 2 heteroatoms. The number of hydrogen-bond donors (Lipinski definition) is 1. The van der Waals surface area contributed by atoms with E-state index in [1.54, 1.807) is 0 Å². The molecule has 0 aromatic heterocycles. The second-order valence-corrected chi connectivity index (χ2v) is 6.94. The van der Waals surface area contributed by atoms with Crippen LogP contribution in [0.4, 0.5) is 0 Å². The molecule has 2 fully saturated rings. The molecular weight excluding hydrogens is 232 g/mol. The molecule has 0 aromatic carbocycles. The maximum atomic E-state index is 3.91. The summed E-state index contributed by atoms with van der Waals surface area (Å²) < 4.78 is 0. The van der Waals surface area contributed by atoms with E-state index >= 15 is 0 Å². The van der Waals surface area contributed by atoms with E-state index in [2.05, 4.69) is 24.1 Å². The van der Waals surface area contributed by atoms with Crippen LogP contribution >= 0.6 is 0 Å². The largest absolute Gasteiger partial charge is 0.310 e. The normalized spacial score (nSPS) is 31.3. The van der Waals surface area contributed by atoms with Gasteiger partial charge in [0.2, 0.25) is 0 Å². The van der Waals surface area contributed by atoms with Crippen LogP contribution in [-0.4, -0.2) is 36.6 Å². The van der Waals surface area contributed by atoms with Gasteiger partial charge in [-0.3, -0.25) is 0 Å². The molecule has 3 unspecified atom stereocenters. The summed E-state index contributed by atoms with van der Waals surface area (Å²) >= 11 is 0. The highest BCUT2D eigenvalue weighted by Crippen LogP contribution is 2.26. The maximum absolute atomic E-state index is 3.91. The van der Waals surface area contributed by atoms with Crippen molar-refractivity contribution in [2.45, 2.75) is 83.7 Å². The van der Waals surface area contributed by atoms with Crippen LogP contribution in [0, 0.1) is 5.92 Å². The first-order valence-electron chi connectivity index (χ1n) is 8.76. The minimum Gasteiger partial charge on any atom is -0.310 e. The van der Waals surface area contributed by atoms with Gasteiger partial charge in [0.05, 0.1) is 0 Å². The third kappa shape index (κ3) is 5.43. The van der Waals surface area contributed by atoms with Gasteiger partial charge in [-0.1, -0.05) is 32.6 Å². The van der Waals surface area contributed by atoms with E-state index in [9.17, 15) is 0 Å². The SMILES string of the molecule is CCCC1CCCC(NC(C)CN2CCCC2)CC1. The zero-order chi connectivity index (χ0) is 13.5. The monoisotopic (exact) mass is 266 g/mol. The molecule has 0 bridgehead atoms. The van der Waals surface area contributed by atoms with Crippen molar-refractivity contribution in [3.63, 3.8) is 0 Å². The fourth-order valence-electron chi connectivity index (χ4n) is 4.05. The molecule has 0 radical (unpaired) electrons. The lowest BCUT2D eigenvalue weighted by Crippen LogP contribution is -2.43. The van der Waals surface area contributed by atoms with Crippen molar-refractivity contribution >= 4 is 0 Å². The van der Waals surface area contributed by atoms with E-state index in [4.69, 9.17) is 0 Å². The summed E-state index contributed by atoms with van der Waals surface area (Å²) in [6.07, 6.45) is 12.8. The first-order chi connectivity index (χ1) is 9.28. The maximum Gasteiger partial charge on any atom is 0.0169 e. The van der Waals surface area contributed by atoms with Crippen molar-refractivity contribution < 1.29 is 0 Å². The number of rotatable bonds is 6. The van der Waals surface area contributed by atoms with E-state index in [0.717, 1.165) is 12.0 Å². The summed E-state index contributed by atoms with van der Waals surface area (Å²) in [5.41, 5.74) is 0. The molecule has 1 aliphatic carbocycles. The standard InChI is InChI=1S/C17H34N2/c1-3-7-16-8-6-9-17(11-10-16)18-15(2)14-19-12-4-5-13-19/h15-18H,3-14H2,1-2H3. The number of hydrogen-bond acceptors (Lipinski definition) is 2. The van der Waals surface area contributed by atoms with Crippen molar-refractivity contribution in [3.8, 4) is 0 Å². The van der Waals surface area contributed by atoms with Gasteiger partial charge in [-0.05, 0) is 58.0 Å². The average molecular weight is 266 g/mol. The number of likely N-dealkylation sites (tertiary alicyclic amines) is 1. The Morgan fingerprint density at radius 1 is 1.05 bits per heavy atom. The minimum absolute atomic E-state index is 0.672. The van der Waals surface area contributed by atoms with Crippen molar-refractivity contribution in [2.24, 2.45) is 5.92 Å². The fourth-order valence-corrected chi connectivity index (χ4v) is 4.05. The van der Waals surface area contributed by atoms with Gasteiger partial charge in [0.25, 0.3) is 0 Å². The molecule has 1 aliphatic heterocycles. The van der Waals surface area contributed by atoms with Gasteiger partial charge in [0.1, 0.15) is 0 Å². The van der Waals surface area contributed by atoms with Gasteiger partial charge < -0.3 is 10.2 Å². The summed E-state index contributed by atoms with van der Waals surface area (Å²) in [6, 6.07) is 1.46. The van der Waals surface area contributed by atoms with Crippen LogP contribution in [0.3, 0.4) is 0 Å². The van der Waals surface area contributed by atoms with Gasteiger partial charge in [-0.15, -0.1) is 0 Å². The molecule has 0 aromatic rings. The molecule has 1 heterocycles. The Morgan fingerprint density at radius 2 is 1.84 bits per heavy atom. The quantitative estimate of drug-likeness (QED) is 0.736. The van der Waals surface area contributed by atoms with Gasteiger partial charge in [-0.25, -0.2) is 0 Å². The van der Waals surface area contributed by atoms with E-state index in [-0.39, 0.29) is 0 Å². The van der Waals surface area contributed by atoms with Crippen molar-refractivity contribution in [2.75, 3.05) is 19.6 Å². The molecule has 2 rings (SSSR count). The summed E-state index contributed by atoms with van der Waals surface area (Å²) in [5, 5.41) is 3.91.